The number of rotatable bonds is 5. The zero-order valence-corrected chi connectivity index (χ0v) is 15.8. The first-order chi connectivity index (χ1) is 12.8. The van der Waals surface area contributed by atoms with Gasteiger partial charge in [0.15, 0.2) is 6.61 Å². The molecule has 0 saturated carbocycles. The molecule has 0 heterocycles. The summed E-state index contributed by atoms with van der Waals surface area (Å²) in [7, 11) is 0. The average Bonchev–Trinajstić information content (AvgIpc) is 2.65. The van der Waals surface area contributed by atoms with Crippen LogP contribution in [0.3, 0.4) is 0 Å². The summed E-state index contributed by atoms with van der Waals surface area (Å²) in [6.07, 6.45) is 0. The van der Waals surface area contributed by atoms with Crippen molar-refractivity contribution in [2.45, 2.75) is 6.92 Å². The van der Waals surface area contributed by atoms with Crippen LogP contribution in [0.25, 0.3) is 0 Å². The predicted octanol–water partition coefficient (Wildman–Crippen LogP) is 2.03. The van der Waals surface area contributed by atoms with E-state index in [0.29, 0.717) is 11.3 Å². The maximum atomic E-state index is 11.9. The molecule has 2 rings (SSSR count). The van der Waals surface area contributed by atoms with E-state index in [1.807, 2.05) is 0 Å². The number of esters is 1. The molecular weight excluding hydrogens is 418 g/mol. The number of ether oxygens (including phenoxy) is 1. The number of hydrazine groups is 1. The molecule has 2 aromatic rings. The van der Waals surface area contributed by atoms with Gasteiger partial charge in [-0.25, -0.2) is 4.79 Å². The van der Waals surface area contributed by atoms with Crippen LogP contribution in [-0.2, 0) is 14.3 Å². The van der Waals surface area contributed by atoms with E-state index in [0.717, 1.165) is 4.47 Å². The van der Waals surface area contributed by atoms with Gasteiger partial charge in [-0.2, -0.15) is 0 Å². The fourth-order valence-corrected chi connectivity index (χ4v) is 2.21. The van der Waals surface area contributed by atoms with Gasteiger partial charge in [-0.1, -0.05) is 15.9 Å². The lowest BCUT2D eigenvalue weighted by atomic mass is 10.2. The van der Waals surface area contributed by atoms with Crippen LogP contribution in [0.4, 0.5) is 5.69 Å². The van der Waals surface area contributed by atoms with Gasteiger partial charge < -0.3 is 10.1 Å². The molecule has 3 N–H and O–H groups in total. The molecule has 0 aliphatic carbocycles. The quantitative estimate of drug-likeness (QED) is 0.492. The Morgan fingerprint density at radius 3 is 2.07 bits per heavy atom. The second-order valence-corrected chi connectivity index (χ2v) is 6.26. The SMILES string of the molecule is CC(=O)Nc1ccc(C(=O)OCC(=O)NNC(=O)c2ccc(Br)cc2)cc1. The average molecular weight is 434 g/mol. The molecule has 0 atom stereocenters. The van der Waals surface area contributed by atoms with E-state index in [4.69, 9.17) is 4.74 Å². The van der Waals surface area contributed by atoms with Gasteiger partial charge in [0.2, 0.25) is 5.91 Å². The van der Waals surface area contributed by atoms with Gasteiger partial charge in [-0.05, 0) is 48.5 Å². The molecule has 0 aromatic heterocycles. The Balaban J connectivity index is 1.77. The standard InChI is InChI=1S/C18H16BrN3O5/c1-11(23)20-15-8-4-13(5-9-15)18(26)27-10-16(24)21-22-17(25)12-2-6-14(19)7-3-12/h2-9H,10H2,1H3,(H,20,23)(H,21,24)(H,22,25). The number of halogens is 1. The normalized spacial score (nSPS) is 9.85. The number of hydrogen-bond donors (Lipinski definition) is 3. The smallest absolute Gasteiger partial charge is 0.338 e. The van der Waals surface area contributed by atoms with E-state index >= 15 is 0 Å². The lowest BCUT2D eigenvalue weighted by molar-refractivity contribution is -0.125. The molecule has 2 aromatic carbocycles. The topological polar surface area (TPSA) is 114 Å². The molecule has 8 nitrogen and oxygen atoms in total. The molecule has 27 heavy (non-hydrogen) atoms. The first-order valence-electron chi connectivity index (χ1n) is 7.74. The molecule has 0 fully saturated rings. The summed E-state index contributed by atoms with van der Waals surface area (Å²) in [4.78, 5) is 46.4. The minimum Gasteiger partial charge on any atom is -0.452 e. The lowest BCUT2D eigenvalue weighted by Crippen LogP contribution is -2.43. The van der Waals surface area contributed by atoms with Crippen molar-refractivity contribution >= 4 is 45.3 Å². The molecule has 140 valence electrons. The van der Waals surface area contributed by atoms with Crippen molar-refractivity contribution in [3.63, 3.8) is 0 Å². The third-order valence-corrected chi connectivity index (χ3v) is 3.73. The number of hydrogen-bond acceptors (Lipinski definition) is 5. The van der Waals surface area contributed by atoms with Crippen molar-refractivity contribution in [1.82, 2.24) is 10.9 Å². The molecule has 0 saturated heterocycles. The second kappa shape index (κ2) is 9.48. The van der Waals surface area contributed by atoms with Gasteiger partial charge in [0.1, 0.15) is 0 Å². The molecule has 0 unspecified atom stereocenters. The minimum atomic E-state index is -0.709. The van der Waals surface area contributed by atoms with Crippen molar-refractivity contribution in [1.29, 1.82) is 0 Å². The number of amides is 3. The molecule has 0 spiro atoms. The first kappa shape index (κ1) is 20.1. The Labute approximate surface area is 163 Å². The van der Waals surface area contributed by atoms with Gasteiger partial charge in [-0.15, -0.1) is 0 Å². The summed E-state index contributed by atoms with van der Waals surface area (Å²) in [5.74, 6) is -2.13. The van der Waals surface area contributed by atoms with Crippen LogP contribution in [0.15, 0.2) is 53.0 Å². The molecule has 0 radical (unpaired) electrons. The first-order valence-corrected chi connectivity index (χ1v) is 8.54. The van der Waals surface area contributed by atoms with Crippen molar-refractivity contribution < 1.29 is 23.9 Å². The maximum absolute atomic E-state index is 11.9. The fraction of sp³-hybridized carbons (Fsp3) is 0.111. The highest BCUT2D eigenvalue weighted by Gasteiger charge is 2.12. The third-order valence-electron chi connectivity index (χ3n) is 3.20. The summed E-state index contributed by atoms with van der Waals surface area (Å²) in [5, 5.41) is 2.57. The Hall–Kier alpha value is -3.20. The van der Waals surface area contributed by atoms with Crippen molar-refractivity contribution in [3.05, 3.63) is 64.1 Å². The van der Waals surface area contributed by atoms with Crippen LogP contribution in [0, 0.1) is 0 Å². The Kier molecular flexibility index (Phi) is 7.07. The highest BCUT2D eigenvalue weighted by atomic mass is 79.9. The van der Waals surface area contributed by atoms with Crippen molar-refractivity contribution in [2.24, 2.45) is 0 Å². The molecular formula is C18H16BrN3O5. The minimum absolute atomic E-state index is 0.218. The molecule has 9 heteroatoms. The second-order valence-electron chi connectivity index (χ2n) is 5.34. The van der Waals surface area contributed by atoms with E-state index in [-0.39, 0.29) is 11.5 Å². The predicted molar refractivity (Wildman–Crippen MR) is 101 cm³/mol. The van der Waals surface area contributed by atoms with Gasteiger partial charge in [0.25, 0.3) is 11.8 Å². The summed E-state index contributed by atoms with van der Waals surface area (Å²) in [5.41, 5.74) is 5.49. The van der Waals surface area contributed by atoms with Gasteiger partial charge in [-0.3, -0.25) is 25.2 Å². The largest absolute Gasteiger partial charge is 0.452 e. The number of carbonyl (C=O) groups is 4. The van der Waals surface area contributed by atoms with Crippen molar-refractivity contribution in [3.8, 4) is 0 Å². The van der Waals surface area contributed by atoms with Crippen LogP contribution in [0.1, 0.15) is 27.6 Å². The highest BCUT2D eigenvalue weighted by Crippen LogP contribution is 2.11. The van der Waals surface area contributed by atoms with Crippen LogP contribution in [0.2, 0.25) is 0 Å². The lowest BCUT2D eigenvalue weighted by Gasteiger charge is -2.08. The third kappa shape index (κ3) is 6.55. The van der Waals surface area contributed by atoms with Crippen LogP contribution >= 0.6 is 15.9 Å². The van der Waals surface area contributed by atoms with E-state index in [2.05, 4.69) is 32.1 Å². The Morgan fingerprint density at radius 2 is 1.48 bits per heavy atom. The van der Waals surface area contributed by atoms with Crippen molar-refractivity contribution in [2.75, 3.05) is 11.9 Å². The molecule has 0 aliphatic heterocycles. The van der Waals surface area contributed by atoms with E-state index < -0.39 is 24.4 Å². The summed E-state index contributed by atoms with van der Waals surface area (Å²) in [6, 6.07) is 12.5. The summed E-state index contributed by atoms with van der Waals surface area (Å²) in [6.45, 7) is 0.809. The molecule has 0 bridgehead atoms. The summed E-state index contributed by atoms with van der Waals surface area (Å²) >= 11 is 3.26. The number of benzene rings is 2. The Bertz CT molecular complexity index is 850. The maximum Gasteiger partial charge on any atom is 0.338 e. The van der Waals surface area contributed by atoms with Gasteiger partial charge in [0.05, 0.1) is 5.56 Å². The van der Waals surface area contributed by atoms with E-state index in [1.165, 1.54) is 31.2 Å². The van der Waals surface area contributed by atoms with E-state index in [1.54, 1.807) is 24.3 Å². The van der Waals surface area contributed by atoms with E-state index in [9.17, 15) is 19.2 Å². The molecule has 3 amide bonds. The number of carbonyl (C=O) groups excluding carboxylic acids is 4. The number of anilines is 1. The zero-order valence-electron chi connectivity index (χ0n) is 14.2. The van der Waals surface area contributed by atoms with Crippen LogP contribution in [-0.4, -0.2) is 30.3 Å². The van der Waals surface area contributed by atoms with Gasteiger partial charge >= 0.3 is 5.97 Å². The summed E-state index contributed by atoms with van der Waals surface area (Å²) < 4.78 is 5.69. The fourth-order valence-electron chi connectivity index (χ4n) is 1.94. The van der Waals surface area contributed by atoms with Crippen LogP contribution in [0.5, 0.6) is 0 Å². The van der Waals surface area contributed by atoms with Crippen LogP contribution < -0.4 is 16.2 Å². The molecule has 0 aliphatic rings. The zero-order chi connectivity index (χ0) is 19.8. The highest BCUT2D eigenvalue weighted by molar-refractivity contribution is 9.10. The monoisotopic (exact) mass is 433 g/mol. The van der Waals surface area contributed by atoms with Gasteiger partial charge in [0, 0.05) is 22.6 Å². The number of nitrogens with one attached hydrogen (secondary N) is 3. The Morgan fingerprint density at radius 1 is 0.889 bits per heavy atom.